The van der Waals surface area contributed by atoms with Crippen molar-refractivity contribution in [3.8, 4) is 5.75 Å². The second kappa shape index (κ2) is 5.87. The first-order chi connectivity index (χ1) is 7.58. The predicted molar refractivity (Wildman–Crippen MR) is 67.9 cm³/mol. The van der Waals surface area contributed by atoms with Crippen LogP contribution in [0.3, 0.4) is 0 Å². The number of nitrogens with two attached hydrogens (primary N) is 1. The number of likely N-dealkylation sites (N-methyl/N-ethyl adjacent to an activating group) is 1. The largest absolute Gasteiger partial charge is 0.496 e. The van der Waals surface area contributed by atoms with Crippen LogP contribution in [-0.2, 0) is 6.42 Å². The molecule has 0 saturated carbocycles. The van der Waals surface area contributed by atoms with Crippen molar-refractivity contribution in [2.75, 3.05) is 27.4 Å². The quantitative estimate of drug-likeness (QED) is 0.771. The highest BCUT2D eigenvalue weighted by molar-refractivity contribution is 5.43. The van der Waals surface area contributed by atoms with Gasteiger partial charge in [-0.05, 0) is 44.0 Å². The average molecular weight is 222 g/mol. The van der Waals surface area contributed by atoms with Gasteiger partial charge in [0.15, 0.2) is 0 Å². The van der Waals surface area contributed by atoms with Crippen molar-refractivity contribution < 1.29 is 4.74 Å². The Kier molecular flexibility index (Phi) is 4.77. The third-order valence-corrected chi connectivity index (χ3v) is 2.82. The maximum absolute atomic E-state index is 5.55. The molecule has 2 N–H and O–H groups in total. The highest BCUT2D eigenvalue weighted by Crippen LogP contribution is 2.24. The Bertz CT molecular complexity index is 327. The topological polar surface area (TPSA) is 38.5 Å². The summed E-state index contributed by atoms with van der Waals surface area (Å²) in [7, 11) is 3.75. The molecule has 1 rings (SSSR count). The van der Waals surface area contributed by atoms with Crippen molar-refractivity contribution in [2.24, 2.45) is 5.73 Å². The fourth-order valence-electron chi connectivity index (χ4n) is 1.92. The van der Waals surface area contributed by atoms with E-state index < -0.39 is 0 Å². The third-order valence-electron chi connectivity index (χ3n) is 2.82. The minimum atomic E-state index is 0.605. The molecule has 0 amide bonds. The van der Waals surface area contributed by atoms with Gasteiger partial charge in [0, 0.05) is 13.2 Å². The molecule has 0 aliphatic carbocycles. The lowest BCUT2D eigenvalue weighted by molar-refractivity contribution is 0.349. The molecule has 0 aliphatic heterocycles. The molecule has 3 heteroatoms. The minimum Gasteiger partial charge on any atom is -0.496 e. The molecule has 0 unspecified atom stereocenters. The summed E-state index contributed by atoms with van der Waals surface area (Å²) in [4.78, 5) is 2.11. The number of benzene rings is 1. The van der Waals surface area contributed by atoms with Gasteiger partial charge in [0.05, 0.1) is 7.11 Å². The zero-order valence-electron chi connectivity index (χ0n) is 10.7. The lowest BCUT2D eigenvalue weighted by atomic mass is 10.0. The van der Waals surface area contributed by atoms with Crippen molar-refractivity contribution in [1.29, 1.82) is 0 Å². The van der Waals surface area contributed by atoms with Gasteiger partial charge >= 0.3 is 0 Å². The van der Waals surface area contributed by atoms with Crippen LogP contribution in [0.25, 0.3) is 0 Å². The maximum atomic E-state index is 5.55. The third kappa shape index (κ3) is 3.22. The van der Waals surface area contributed by atoms with Crippen molar-refractivity contribution in [2.45, 2.75) is 20.3 Å². The summed E-state index contributed by atoms with van der Waals surface area (Å²) in [5, 5.41) is 0. The van der Waals surface area contributed by atoms with Gasteiger partial charge in [0.2, 0.25) is 0 Å². The summed E-state index contributed by atoms with van der Waals surface area (Å²) < 4.78 is 5.35. The second-order valence-corrected chi connectivity index (χ2v) is 4.28. The van der Waals surface area contributed by atoms with Crippen LogP contribution < -0.4 is 10.5 Å². The van der Waals surface area contributed by atoms with Gasteiger partial charge in [0.1, 0.15) is 5.75 Å². The van der Waals surface area contributed by atoms with Gasteiger partial charge in [-0.3, -0.25) is 4.90 Å². The van der Waals surface area contributed by atoms with E-state index in [2.05, 4.69) is 30.9 Å². The smallest absolute Gasteiger partial charge is 0.124 e. The van der Waals surface area contributed by atoms with Crippen LogP contribution in [-0.4, -0.2) is 32.3 Å². The summed E-state index contributed by atoms with van der Waals surface area (Å²) in [5.74, 6) is 0.996. The molecule has 0 aliphatic rings. The van der Waals surface area contributed by atoms with E-state index >= 15 is 0 Å². The van der Waals surface area contributed by atoms with E-state index in [4.69, 9.17) is 10.5 Å². The monoisotopic (exact) mass is 222 g/mol. The molecule has 0 radical (unpaired) electrons. The summed E-state index contributed by atoms with van der Waals surface area (Å²) in [5.41, 5.74) is 9.29. The first kappa shape index (κ1) is 13.0. The molecule has 0 spiro atoms. The molecule has 0 heterocycles. The fraction of sp³-hybridized carbons (Fsp3) is 0.538. The van der Waals surface area contributed by atoms with Crippen LogP contribution in [0.4, 0.5) is 0 Å². The highest BCUT2D eigenvalue weighted by atomic mass is 16.5. The Balaban J connectivity index is 2.76. The van der Waals surface area contributed by atoms with Crippen molar-refractivity contribution >= 4 is 0 Å². The molecular weight excluding hydrogens is 200 g/mol. The van der Waals surface area contributed by atoms with E-state index in [9.17, 15) is 0 Å². The number of hydrogen-bond acceptors (Lipinski definition) is 3. The minimum absolute atomic E-state index is 0.605. The highest BCUT2D eigenvalue weighted by Gasteiger charge is 2.05. The van der Waals surface area contributed by atoms with Crippen molar-refractivity contribution in [1.82, 2.24) is 4.90 Å². The van der Waals surface area contributed by atoms with Gasteiger partial charge in [-0.25, -0.2) is 0 Å². The Morgan fingerprint density at radius 1 is 1.25 bits per heavy atom. The molecule has 16 heavy (non-hydrogen) atoms. The fourth-order valence-corrected chi connectivity index (χ4v) is 1.92. The van der Waals surface area contributed by atoms with Gasteiger partial charge in [-0.2, -0.15) is 0 Å². The van der Waals surface area contributed by atoms with Crippen molar-refractivity contribution in [3.63, 3.8) is 0 Å². The molecular formula is C13H22N2O. The predicted octanol–water partition coefficient (Wildman–Crippen LogP) is 1.70. The molecule has 3 nitrogen and oxygen atoms in total. The Morgan fingerprint density at radius 3 is 2.25 bits per heavy atom. The normalized spacial score (nSPS) is 10.9. The van der Waals surface area contributed by atoms with Crippen LogP contribution >= 0.6 is 0 Å². The van der Waals surface area contributed by atoms with Gasteiger partial charge in [-0.1, -0.05) is 12.1 Å². The number of methoxy groups -OCH3 is 1. The van der Waals surface area contributed by atoms with E-state index in [1.54, 1.807) is 7.11 Å². The zero-order chi connectivity index (χ0) is 12.1. The van der Waals surface area contributed by atoms with E-state index in [-0.39, 0.29) is 0 Å². The Hall–Kier alpha value is -1.06. The van der Waals surface area contributed by atoms with Gasteiger partial charge < -0.3 is 10.5 Å². The standard InChI is InChI=1S/C13H22N2O/c1-10-7-12(5-6-15(3)9-14)8-11(2)13(10)16-4/h7-8H,5-6,9,14H2,1-4H3. The first-order valence-corrected chi connectivity index (χ1v) is 5.61. The van der Waals surface area contributed by atoms with Crippen LogP contribution in [0.1, 0.15) is 16.7 Å². The van der Waals surface area contributed by atoms with Crippen LogP contribution in [0, 0.1) is 13.8 Å². The summed E-state index contributed by atoms with van der Waals surface area (Å²) in [6, 6.07) is 4.38. The summed E-state index contributed by atoms with van der Waals surface area (Å²) in [6.45, 7) is 5.76. The molecule has 0 saturated heterocycles. The Morgan fingerprint density at radius 2 is 1.81 bits per heavy atom. The molecule has 90 valence electrons. The van der Waals surface area contributed by atoms with Crippen molar-refractivity contribution in [3.05, 3.63) is 28.8 Å². The Labute approximate surface area is 98.2 Å². The average Bonchev–Trinajstić information content (AvgIpc) is 2.25. The molecule has 1 aromatic carbocycles. The number of nitrogens with zero attached hydrogens (tertiary/aromatic N) is 1. The van der Waals surface area contributed by atoms with E-state index in [0.29, 0.717) is 6.67 Å². The molecule has 0 bridgehead atoms. The summed E-state index contributed by atoms with van der Waals surface area (Å²) >= 11 is 0. The van der Waals surface area contributed by atoms with Crippen LogP contribution in [0.2, 0.25) is 0 Å². The lowest BCUT2D eigenvalue weighted by Gasteiger charge is -2.15. The number of ether oxygens (including phenoxy) is 1. The SMILES string of the molecule is COc1c(C)cc(CCN(C)CN)cc1C. The second-order valence-electron chi connectivity index (χ2n) is 4.28. The van der Waals surface area contributed by atoms with Crippen LogP contribution in [0.15, 0.2) is 12.1 Å². The summed E-state index contributed by atoms with van der Waals surface area (Å²) in [6.07, 6.45) is 1.03. The zero-order valence-corrected chi connectivity index (χ0v) is 10.7. The number of rotatable bonds is 5. The molecule has 0 atom stereocenters. The van der Waals surface area contributed by atoms with E-state index in [1.165, 1.54) is 16.7 Å². The number of hydrogen-bond donors (Lipinski definition) is 1. The number of aryl methyl sites for hydroxylation is 2. The van der Waals surface area contributed by atoms with E-state index in [1.807, 2.05) is 7.05 Å². The lowest BCUT2D eigenvalue weighted by Crippen LogP contribution is -2.27. The van der Waals surface area contributed by atoms with Crippen LogP contribution in [0.5, 0.6) is 5.75 Å². The van der Waals surface area contributed by atoms with Gasteiger partial charge in [0.25, 0.3) is 0 Å². The molecule has 1 aromatic rings. The molecule has 0 aromatic heterocycles. The maximum Gasteiger partial charge on any atom is 0.124 e. The first-order valence-electron chi connectivity index (χ1n) is 5.61. The van der Waals surface area contributed by atoms with E-state index in [0.717, 1.165) is 18.7 Å². The van der Waals surface area contributed by atoms with Gasteiger partial charge in [-0.15, -0.1) is 0 Å². The molecule has 0 fully saturated rings.